The molecule has 1 heterocycles. The van der Waals surface area contributed by atoms with Crippen molar-refractivity contribution in [2.75, 3.05) is 38.3 Å². The van der Waals surface area contributed by atoms with Crippen LogP contribution in [0.15, 0.2) is 30.3 Å². The Balaban J connectivity index is 2.04. The summed E-state index contributed by atoms with van der Waals surface area (Å²) in [7, 11) is -0.265. The maximum Gasteiger partial charge on any atom is 0.335 e. The van der Waals surface area contributed by atoms with E-state index in [0.29, 0.717) is 6.61 Å². The lowest BCUT2D eigenvalue weighted by Gasteiger charge is -2.35. The second-order valence-corrected chi connectivity index (χ2v) is 9.04. The van der Waals surface area contributed by atoms with Gasteiger partial charge in [-0.2, -0.15) is 0 Å². The highest BCUT2D eigenvalue weighted by Gasteiger charge is 2.35. The van der Waals surface area contributed by atoms with Crippen molar-refractivity contribution >= 4 is 14.2 Å². The molecular formula is C16H27NO3Si. The summed E-state index contributed by atoms with van der Waals surface area (Å²) in [5.74, 6) is 0. The molecule has 0 spiro atoms. The van der Waals surface area contributed by atoms with Gasteiger partial charge in [-0.3, -0.25) is 0 Å². The highest BCUT2D eigenvalue weighted by molar-refractivity contribution is 6.66. The lowest BCUT2D eigenvalue weighted by Crippen LogP contribution is -2.48. The van der Waals surface area contributed by atoms with E-state index in [2.05, 4.69) is 42.6 Å². The molecule has 0 saturated carbocycles. The number of likely N-dealkylation sites (N-methyl/N-ethyl adjacent to an activating group) is 1. The first kappa shape index (κ1) is 16.5. The van der Waals surface area contributed by atoms with Crippen LogP contribution >= 0.6 is 0 Å². The topological polar surface area (TPSA) is 30.9 Å². The van der Waals surface area contributed by atoms with Crippen molar-refractivity contribution < 1.29 is 13.6 Å². The van der Waals surface area contributed by atoms with E-state index in [9.17, 15) is 0 Å². The molecule has 2 unspecified atom stereocenters. The van der Waals surface area contributed by atoms with Crippen molar-refractivity contribution in [3.8, 4) is 0 Å². The van der Waals surface area contributed by atoms with Crippen LogP contribution in [0.3, 0.4) is 0 Å². The lowest BCUT2D eigenvalue weighted by molar-refractivity contribution is 0.0210. The number of hydrogen-bond acceptors (Lipinski definition) is 4. The van der Waals surface area contributed by atoms with Gasteiger partial charge in [0.2, 0.25) is 0 Å². The van der Waals surface area contributed by atoms with Crippen LogP contribution in [0.4, 0.5) is 5.69 Å². The maximum absolute atomic E-state index is 6.33. The van der Waals surface area contributed by atoms with Gasteiger partial charge in [-0.05, 0) is 38.1 Å². The molecule has 0 aromatic heterocycles. The van der Waals surface area contributed by atoms with E-state index >= 15 is 0 Å². The molecule has 2 atom stereocenters. The summed E-state index contributed by atoms with van der Waals surface area (Å²) in [5, 5.41) is 0. The Bertz CT molecular complexity index is 417. The molecule has 2 rings (SSSR count). The van der Waals surface area contributed by atoms with Crippen molar-refractivity contribution in [2.24, 2.45) is 0 Å². The van der Waals surface area contributed by atoms with E-state index in [4.69, 9.17) is 13.6 Å². The fraction of sp³-hybridized carbons (Fsp3) is 0.625. The molecular weight excluding hydrogens is 282 g/mol. The molecule has 1 aliphatic rings. The molecule has 1 aliphatic heterocycles. The average Bonchev–Trinajstić information content (AvgIpc) is 2.50. The second kappa shape index (κ2) is 7.94. The van der Waals surface area contributed by atoms with Crippen LogP contribution in [0.5, 0.6) is 0 Å². The third-order valence-electron chi connectivity index (χ3n) is 4.00. The van der Waals surface area contributed by atoms with Crippen molar-refractivity contribution in [3.05, 3.63) is 30.3 Å². The van der Waals surface area contributed by atoms with Crippen molar-refractivity contribution in [3.63, 3.8) is 0 Å². The highest BCUT2D eigenvalue weighted by Crippen LogP contribution is 2.22. The molecule has 4 nitrogen and oxygen atoms in total. The second-order valence-electron chi connectivity index (χ2n) is 5.63. The molecule has 21 heavy (non-hydrogen) atoms. The van der Waals surface area contributed by atoms with E-state index in [1.807, 2.05) is 6.07 Å². The first-order valence-electron chi connectivity index (χ1n) is 7.77. The fourth-order valence-electron chi connectivity index (χ4n) is 2.70. The Kier molecular flexibility index (Phi) is 6.23. The van der Waals surface area contributed by atoms with Crippen LogP contribution in [0.2, 0.25) is 12.6 Å². The third kappa shape index (κ3) is 4.81. The van der Waals surface area contributed by atoms with Crippen LogP contribution in [-0.4, -0.2) is 48.1 Å². The molecule has 0 radical (unpaired) electrons. The molecule has 0 N–H and O–H groups in total. The Labute approximate surface area is 129 Å². The zero-order chi connectivity index (χ0) is 15.1. The number of hydrogen-bond donors (Lipinski definition) is 0. The smallest absolute Gasteiger partial charge is 0.335 e. The standard InChI is InChI=1S/C16H27NO3Si/c1-4-17(15-9-6-5-7-10-15)13-16-14-19-11-8-12-21(3,18-2)20-16/h5-7,9-10,16H,4,8,11-14H2,1-3H3. The zero-order valence-corrected chi connectivity index (χ0v) is 14.4. The minimum atomic E-state index is -2.04. The van der Waals surface area contributed by atoms with Gasteiger partial charge in [0.05, 0.1) is 12.7 Å². The summed E-state index contributed by atoms with van der Waals surface area (Å²) in [6.45, 7) is 7.58. The van der Waals surface area contributed by atoms with Gasteiger partial charge in [-0.1, -0.05) is 18.2 Å². The summed E-state index contributed by atoms with van der Waals surface area (Å²) < 4.78 is 17.8. The quantitative estimate of drug-likeness (QED) is 0.782. The van der Waals surface area contributed by atoms with Gasteiger partial charge in [-0.15, -0.1) is 0 Å². The number of para-hydroxylation sites is 1. The molecule has 0 aliphatic carbocycles. The van der Waals surface area contributed by atoms with E-state index in [1.165, 1.54) is 5.69 Å². The van der Waals surface area contributed by atoms with Crippen molar-refractivity contribution in [1.29, 1.82) is 0 Å². The average molecular weight is 309 g/mol. The zero-order valence-electron chi connectivity index (χ0n) is 13.4. The summed E-state index contributed by atoms with van der Waals surface area (Å²) >= 11 is 0. The maximum atomic E-state index is 6.33. The Morgan fingerprint density at radius 1 is 1.33 bits per heavy atom. The van der Waals surface area contributed by atoms with E-state index in [0.717, 1.165) is 32.2 Å². The first-order valence-corrected chi connectivity index (χ1v) is 10.3. The molecule has 5 heteroatoms. The Morgan fingerprint density at radius 2 is 2.10 bits per heavy atom. The molecule has 0 bridgehead atoms. The number of anilines is 1. The minimum absolute atomic E-state index is 0.0714. The molecule has 1 aromatic carbocycles. The molecule has 1 aromatic rings. The monoisotopic (exact) mass is 309 g/mol. The minimum Gasteiger partial charge on any atom is -0.398 e. The fourth-order valence-corrected chi connectivity index (χ4v) is 4.75. The summed E-state index contributed by atoms with van der Waals surface area (Å²) in [4.78, 5) is 2.33. The number of rotatable bonds is 5. The van der Waals surface area contributed by atoms with E-state index in [1.54, 1.807) is 7.11 Å². The highest BCUT2D eigenvalue weighted by atomic mass is 28.4. The molecule has 118 valence electrons. The van der Waals surface area contributed by atoms with Crippen LogP contribution < -0.4 is 4.90 Å². The molecule has 1 fully saturated rings. The van der Waals surface area contributed by atoms with Gasteiger partial charge in [0, 0.05) is 32.5 Å². The summed E-state index contributed by atoms with van der Waals surface area (Å²) in [6, 6.07) is 11.5. The van der Waals surface area contributed by atoms with Crippen molar-refractivity contribution in [1.82, 2.24) is 0 Å². The van der Waals surface area contributed by atoms with Gasteiger partial charge >= 0.3 is 8.56 Å². The van der Waals surface area contributed by atoms with Gasteiger partial charge in [0.15, 0.2) is 0 Å². The summed E-state index contributed by atoms with van der Waals surface area (Å²) in [5.41, 5.74) is 1.23. The van der Waals surface area contributed by atoms with Crippen LogP contribution in [0, 0.1) is 0 Å². The van der Waals surface area contributed by atoms with Crippen LogP contribution in [0.25, 0.3) is 0 Å². The largest absolute Gasteiger partial charge is 0.398 e. The molecule has 0 amide bonds. The normalized spacial score (nSPS) is 26.9. The molecule has 1 saturated heterocycles. The van der Waals surface area contributed by atoms with Crippen LogP contribution in [0.1, 0.15) is 13.3 Å². The lowest BCUT2D eigenvalue weighted by atomic mass is 10.2. The van der Waals surface area contributed by atoms with Gasteiger partial charge in [0.25, 0.3) is 0 Å². The predicted molar refractivity (Wildman–Crippen MR) is 88.1 cm³/mol. The Morgan fingerprint density at radius 3 is 2.76 bits per heavy atom. The van der Waals surface area contributed by atoms with E-state index < -0.39 is 8.56 Å². The number of benzene rings is 1. The van der Waals surface area contributed by atoms with E-state index in [-0.39, 0.29) is 6.10 Å². The predicted octanol–water partition coefficient (Wildman–Crippen LogP) is 3.04. The number of nitrogens with zero attached hydrogens (tertiary/aromatic N) is 1. The SMILES string of the molecule is CCN(CC1COCCC[Si](C)(OC)O1)c1ccccc1. The Hall–Kier alpha value is -0.883. The number of ether oxygens (including phenoxy) is 1. The van der Waals surface area contributed by atoms with Gasteiger partial charge < -0.3 is 18.5 Å². The third-order valence-corrected chi connectivity index (χ3v) is 6.96. The van der Waals surface area contributed by atoms with Gasteiger partial charge in [-0.25, -0.2) is 0 Å². The van der Waals surface area contributed by atoms with Crippen molar-refractivity contribution in [2.45, 2.75) is 32.0 Å². The first-order chi connectivity index (χ1) is 10.2. The van der Waals surface area contributed by atoms with Crippen LogP contribution in [-0.2, 0) is 13.6 Å². The van der Waals surface area contributed by atoms with Gasteiger partial charge in [0.1, 0.15) is 0 Å². The summed E-state index contributed by atoms with van der Waals surface area (Å²) in [6.07, 6.45) is 1.10.